The van der Waals surface area contributed by atoms with Crippen LogP contribution in [0, 0.1) is 0 Å². The van der Waals surface area contributed by atoms with E-state index in [1.165, 1.54) is 22.0 Å². The number of hydrogen-bond acceptors (Lipinski definition) is 2. The zero-order chi connectivity index (χ0) is 13.1. The molecule has 3 rings (SSSR count). The van der Waals surface area contributed by atoms with Gasteiger partial charge >= 0.3 is 0 Å². The Hall–Kier alpha value is -2.13. The number of rotatable bonds is 4. The molecule has 0 aliphatic heterocycles. The van der Waals surface area contributed by atoms with Crippen molar-refractivity contribution < 1.29 is 0 Å². The first kappa shape index (κ1) is 11.9. The van der Waals surface area contributed by atoms with E-state index in [0.717, 1.165) is 6.42 Å². The van der Waals surface area contributed by atoms with Gasteiger partial charge in [-0.15, -0.1) is 0 Å². The maximum Gasteiger partial charge on any atom is 0.0456 e. The fourth-order valence-electron chi connectivity index (χ4n) is 2.56. The minimum atomic E-state index is 0.320. The van der Waals surface area contributed by atoms with Crippen molar-refractivity contribution in [2.24, 2.45) is 5.73 Å². The molecule has 3 N–H and O–H groups in total. The van der Waals surface area contributed by atoms with Crippen LogP contribution in [0.2, 0.25) is 0 Å². The number of benzene rings is 1. The average molecular weight is 251 g/mol. The summed E-state index contributed by atoms with van der Waals surface area (Å²) < 4.78 is 0. The van der Waals surface area contributed by atoms with Crippen LogP contribution in [0.25, 0.3) is 10.9 Å². The number of nitrogens with zero attached hydrogens (tertiary/aromatic N) is 1. The van der Waals surface area contributed by atoms with Gasteiger partial charge in [-0.2, -0.15) is 0 Å². The van der Waals surface area contributed by atoms with E-state index in [9.17, 15) is 0 Å². The van der Waals surface area contributed by atoms with Crippen LogP contribution in [0.3, 0.4) is 0 Å². The van der Waals surface area contributed by atoms with E-state index in [1.807, 2.05) is 18.3 Å². The number of nitrogens with one attached hydrogen (secondary N) is 1. The summed E-state index contributed by atoms with van der Waals surface area (Å²) in [6, 6.07) is 12.4. The van der Waals surface area contributed by atoms with Gasteiger partial charge in [-0.3, -0.25) is 4.98 Å². The maximum atomic E-state index is 5.97. The van der Waals surface area contributed by atoms with Crippen molar-refractivity contribution in [3.8, 4) is 0 Å². The van der Waals surface area contributed by atoms with Crippen molar-refractivity contribution in [1.29, 1.82) is 0 Å². The van der Waals surface area contributed by atoms with Crippen molar-refractivity contribution in [1.82, 2.24) is 9.97 Å². The third-order valence-corrected chi connectivity index (χ3v) is 3.55. The largest absolute Gasteiger partial charge is 0.361 e. The summed E-state index contributed by atoms with van der Waals surface area (Å²) in [6.07, 6.45) is 6.72. The van der Waals surface area contributed by atoms with E-state index in [0.29, 0.717) is 12.5 Å². The second-order valence-electron chi connectivity index (χ2n) is 4.79. The molecule has 3 nitrogen and oxygen atoms in total. The number of fused-ring (bicyclic) bond motifs is 1. The van der Waals surface area contributed by atoms with E-state index < -0.39 is 0 Å². The van der Waals surface area contributed by atoms with Crippen molar-refractivity contribution in [3.05, 3.63) is 66.1 Å². The molecule has 3 aromatic rings. The Labute approximate surface area is 112 Å². The van der Waals surface area contributed by atoms with Gasteiger partial charge in [-0.25, -0.2) is 0 Å². The molecule has 0 fully saturated rings. The lowest BCUT2D eigenvalue weighted by atomic mass is 9.92. The Morgan fingerprint density at radius 3 is 2.84 bits per heavy atom. The lowest BCUT2D eigenvalue weighted by Gasteiger charge is -2.14. The molecule has 19 heavy (non-hydrogen) atoms. The van der Waals surface area contributed by atoms with Crippen LogP contribution in [-0.4, -0.2) is 16.5 Å². The van der Waals surface area contributed by atoms with Gasteiger partial charge in [0, 0.05) is 35.4 Å². The number of nitrogens with two attached hydrogens (primary N) is 1. The average Bonchev–Trinajstić information content (AvgIpc) is 2.90. The molecule has 96 valence electrons. The normalized spacial score (nSPS) is 12.7. The Morgan fingerprint density at radius 1 is 1.16 bits per heavy atom. The van der Waals surface area contributed by atoms with Gasteiger partial charge in [0.05, 0.1) is 0 Å². The Balaban J connectivity index is 1.94. The molecule has 0 radical (unpaired) electrons. The SMILES string of the molecule is NCC(Cc1cccnc1)c1c[nH]c2ccccc12. The molecule has 0 spiro atoms. The summed E-state index contributed by atoms with van der Waals surface area (Å²) in [6.45, 7) is 0.636. The first-order valence-electron chi connectivity index (χ1n) is 6.53. The first-order chi connectivity index (χ1) is 9.38. The third kappa shape index (κ3) is 2.37. The molecule has 0 aliphatic carbocycles. The van der Waals surface area contributed by atoms with Crippen LogP contribution in [0.4, 0.5) is 0 Å². The summed E-state index contributed by atoms with van der Waals surface area (Å²) in [4.78, 5) is 7.48. The number of aromatic amines is 1. The summed E-state index contributed by atoms with van der Waals surface area (Å²) in [5, 5.41) is 1.27. The van der Waals surface area contributed by atoms with Crippen molar-refractivity contribution >= 4 is 10.9 Å². The van der Waals surface area contributed by atoms with E-state index in [-0.39, 0.29) is 0 Å². The minimum Gasteiger partial charge on any atom is -0.361 e. The highest BCUT2D eigenvalue weighted by molar-refractivity contribution is 5.83. The molecule has 1 aromatic carbocycles. The van der Waals surface area contributed by atoms with Gasteiger partial charge in [0.2, 0.25) is 0 Å². The summed E-state index contributed by atoms with van der Waals surface area (Å²) in [5.41, 5.74) is 9.66. The Bertz CT molecular complexity index is 658. The van der Waals surface area contributed by atoms with Gasteiger partial charge in [-0.05, 0) is 36.2 Å². The predicted molar refractivity (Wildman–Crippen MR) is 78.0 cm³/mol. The van der Waals surface area contributed by atoms with Gasteiger partial charge < -0.3 is 10.7 Å². The quantitative estimate of drug-likeness (QED) is 0.749. The molecule has 0 saturated carbocycles. The zero-order valence-corrected chi connectivity index (χ0v) is 10.7. The fraction of sp³-hybridized carbons (Fsp3) is 0.188. The van der Waals surface area contributed by atoms with Gasteiger partial charge in [-0.1, -0.05) is 24.3 Å². The highest BCUT2D eigenvalue weighted by Gasteiger charge is 2.14. The van der Waals surface area contributed by atoms with Crippen molar-refractivity contribution in [2.75, 3.05) is 6.54 Å². The summed E-state index contributed by atoms with van der Waals surface area (Å²) >= 11 is 0. The van der Waals surface area contributed by atoms with E-state index in [2.05, 4.69) is 40.4 Å². The van der Waals surface area contributed by atoms with Crippen LogP contribution in [0.1, 0.15) is 17.0 Å². The molecular formula is C16H17N3. The lowest BCUT2D eigenvalue weighted by Crippen LogP contribution is -2.14. The molecule has 1 atom stereocenters. The lowest BCUT2D eigenvalue weighted by molar-refractivity contribution is 0.697. The molecule has 0 saturated heterocycles. The minimum absolute atomic E-state index is 0.320. The zero-order valence-electron chi connectivity index (χ0n) is 10.7. The van der Waals surface area contributed by atoms with Crippen molar-refractivity contribution in [2.45, 2.75) is 12.3 Å². The standard InChI is InChI=1S/C16H17N3/c17-9-13(8-12-4-3-7-18-10-12)15-11-19-16-6-2-1-5-14(15)16/h1-7,10-11,13,19H,8-9,17H2. The predicted octanol–water partition coefficient (Wildman–Crippen LogP) is 2.85. The first-order valence-corrected chi connectivity index (χ1v) is 6.53. The number of pyridine rings is 1. The molecular weight excluding hydrogens is 234 g/mol. The molecule has 0 aliphatic rings. The second kappa shape index (κ2) is 5.24. The Morgan fingerprint density at radius 2 is 2.05 bits per heavy atom. The number of aromatic nitrogens is 2. The third-order valence-electron chi connectivity index (χ3n) is 3.55. The number of para-hydroxylation sites is 1. The van der Waals surface area contributed by atoms with E-state index in [1.54, 1.807) is 6.20 Å². The van der Waals surface area contributed by atoms with Crippen LogP contribution < -0.4 is 5.73 Å². The van der Waals surface area contributed by atoms with Crippen molar-refractivity contribution in [3.63, 3.8) is 0 Å². The number of H-pyrrole nitrogens is 1. The van der Waals surface area contributed by atoms with Crippen LogP contribution in [0.5, 0.6) is 0 Å². The molecule has 3 heteroatoms. The summed E-state index contributed by atoms with van der Waals surface area (Å²) in [5.74, 6) is 0.320. The molecule has 2 heterocycles. The van der Waals surface area contributed by atoms with Gasteiger partial charge in [0.25, 0.3) is 0 Å². The Kier molecular flexibility index (Phi) is 3.29. The van der Waals surface area contributed by atoms with Crippen LogP contribution in [0.15, 0.2) is 55.0 Å². The smallest absolute Gasteiger partial charge is 0.0456 e. The second-order valence-corrected chi connectivity index (χ2v) is 4.79. The molecule has 1 unspecified atom stereocenters. The highest BCUT2D eigenvalue weighted by atomic mass is 14.7. The van der Waals surface area contributed by atoms with Crippen LogP contribution in [-0.2, 0) is 6.42 Å². The highest BCUT2D eigenvalue weighted by Crippen LogP contribution is 2.27. The van der Waals surface area contributed by atoms with Gasteiger partial charge in [0.15, 0.2) is 0 Å². The topological polar surface area (TPSA) is 54.7 Å². The number of hydrogen-bond donors (Lipinski definition) is 2. The van der Waals surface area contributed by atoms with E-state index in [4.69, 9.17) is 5.73 Å². The monoisotopic (exact) mass is 251 g/mol. The molecule has 0 amide bonds. The van der Waals surface area contributed by atoms with Gasteiger partial charge in [0.1, 0.15) is 0 Å². The summed E-state index contributed by atoms with van der Waals surface area (Å²) in [7, 11) is 0. The van der Waals surface area contributed by atoms with E-state index >= 15 is 0 Å². The molecule has 0 bridgehead atoms. The maximum absolute atomic E-state index is 5.97. The molecule has 2 aromatic heterocycles. The fourth-order valence-corrected chi connectivity index (χ4v) is 2.56. The van der Waals surface area contributed by atoms with Crippen LogP contribution >= 0.6 is 0 Å².